The number of rotatable bonds is 4. The smallest absolute Gasteiger partial charge is 0.274 e. The first-order valence-electron chi connectivity index (χ1n) is 6.53. The van der Waals surface area contributed by atoms with Crippen molar-refractivity contribution in [2.24, 2.45) is 0 Å². The number of aryl methyl sites for hydroxylation is 3. The molecule has 104 valence electrons. The van der Waals surface area contributed by atoms with Crippen LogP contribution < -0.4 is 5.32 Å². The van der Waals surface area contributed by atoms with Crippen molar-refractivity contribution in [2.75, 3.05) is 5.32 Å². The zero-order valence-corrected chi connectivity index (χ0v) is 11.9. The van der Waals surface area contributed by atoms with Crippen LogP contribution in [-0.4, -0.2) is 4.92 Å². The van der Waals surface area contributed by atoms with E-state index in [-0.39, 0.29) is 10.6 Å². The van der Waals surface area contributed by atoms with Crippen LogP contribution >= 0.6 is 0 Å². The molecule has 0 bridgehead atoms. The Kier molecular flexibility index (Phi) is 4.03. The maximum Gasteiger partial charge on any atom is 0.274 e. The molecule has 0 radical (unpaired) electrons. The first-order valence-corrected chi connectivity index (χ1v) is 6.53. The minimum atomic E-state index is -0.340. The third-order valence-electron chi connectivity index (χ3n) is 3.47. The average molecular weight is 270 g/mol. The summed E-state index contributed by atoms with van der Waals surface area (Å²) in [7, 11) is 0. The highest BCUT2D eigenvalue weighted by Crippen LogP contribution is 2.26. The van der Waals surface area contributed by atoms with E-state index < -0.39 is 0 Å². The number of nitro benzene ring substituents is 1. The summed E-state index contributed by atoms with van der Waals surface area (Å²) in [6.07, 6.45) is 0. The Labute approximate surface area is 118 Å². The van der Waals surface area contributed by atoms with E-state index in [9.17, 15) is 10.1 Å². The van der Waals surface area contributed by atoms with Crippen LogP contribution in [0.5, 0.6) is 0 Å². The van der Waals surface area contributed by atoms with Crippen LogP contribution in [0.4, 0.5) is 11.4 Å². The minimum absolute atomic E-state index is 0.155. The summed E-state index contributed by atoms with van der Waals surface area (Å²) in [5.41, 5.74) is 5.07. The standard InChI is InChI=1S/C16H18N2O2/c1-11-6-4-5-7-14(11)10-17-15-9-16(18(19)20)13(3)8-12(15)2/h4-9,17H,10H2,1-3H3. The minimum Gasteiger partial charge on any atom is -0.381 e. The largest absolute Gasteiger partial charge is 0.381 e. The fourth-order valence-corrected chi connectivity index (χ4v) is 2.23. The molecule has 0 aliphatic heterocycles. The summed E-state index contributed by atoms with van der Waals surface area (Å²) >= 11 is 0. The Morgan fingerprint density at radius 2 is 1.75 bits per heavy atom. The lowest BCUT2D eigenvalue weighted by Gasteiger charge is -2.12. The second kappa shape index (κ2) is 5.74. The lowest BCUT2D eigenvalue weighted by molar-refractivity contribution is -0.385. The highest BCUT2D eigenvalue weighted by atomic mass is 16.6. The second-order valence-electron chi connectivity index (χ2n) is 4.99. The van der Waals surface area contributed by atoms with Crippen molar-refractivity contribution in [1.29, 1.82) is 0 Å². The number of hydrogen-bond donors (Lipinski definition) is 1. The molecule has 4 heteroatoms. The number of benzene rings is 2. The van der Waals surface area contributed by atoms with Gasteiger partial charge in [-0.15, -0.1) is 0 Å². The van der Waals surface area contributed by atoms with E-state index >= 15 is 0 Å². The molecule has 0 aromatic heterocycles. The highest BCUT2D eigenvalue weighted by molar-refractivity contribution is 5.60. The van der Waals surface area contributed by atoms with Gasteiger partial charge in [-0.25, -0.2) is 0 Å². The molecule has 20 heavy (non-hydrogen) atoms. The van der Waals surface area contributed by atoms with E-state index in [0.717, 1.165) is 11.3 Å². The van der Waals surface area contributed by atoms with Crippen molar-refractivity contribution in [3.63, 3.8) is 0 Å². The van der Waals surface area contributed by atoms with E-state index in [0.29, 0.717) is 12.1 Å². The van der Waals surface area contributed by atoms with Gasteiger partial charge in [-0.1, -0.05) is 24.3 Å². The molecule has 0 saturated carbocycles. The molecule has 1 N–H and O–H groups in total. The van der Waals surface area contributed by atoms with Crippen LogP contribution in [-0.2, 0) is 6.54 Å². The van der Waals surface area contributed by atoms with Crippen molar-refractivity contribution in [1.82, 2.24) is 0 Å². The monoisotopic (exact) mass is 270 g/mol. The van der Waals surface area contributed by atoms with Gasteiger partial charge in [-0.05, 0) is 43.5 Å². The summed E-state index contributed by atoms with van der Waals surface area (Å²) in [5, 5.41) is 14.3. The first-order chi connectivity index (χ1) is 9.49. The molecule has 0 fully saturated rings. The summed E-state index contributed by atoms with van der Waals surface area (Å²) in [6, 6.07) is 11.6. The molecule has 0 amide bonds. The van der Waals surface area contributed by atoms with Crippen LogP contribution in [0.1, 0.15) is 22.3 Å². The van der Waals surface area contributed by atoms with Crippen LogP contribution in [0.15, 0.2) is 36.4 Å². The van der Waals surface area contributed by atoms with Gasteiger partial charge in [0, 0.05) is 23.9 Å². The molecule has 2 rings (SSSR count). The lowest BCUT2D eigenvalue weighted by Crippen LogP contribution is -2.04. The Hall–Kier alpha value is -2.36. The van der Waals surface area contributed by atoms with Crippen molar-refractivity contribution in [3.8, 4) is 0 Å². The SMILES string of the molecule is Cc1ccccc1CNc1cc([N+](=O)[O-])c(C)cc1C. The number of nitro groups is 1. The number of anilines is 1. The van der Waals surface area contributed by atoms with Gasteiger partial charge in [0.25, 0.3) is 5.69 Å². The topological polar surface area (TPSA) is 55.2 Å². The zero-order valence-electron chi connectivity index (χ0n) is 11.9. The second-order valence-corrected chi connectivity index (χ2v) is 4.99. The Morgan fingerprint density at radius 3 is 2.40 bits per heavy atom. The van der Waals surface area contributed by atoms with E-state index in [1.54, 1.807) is 13.0 Å². The average Bonchev–Trinajstić information content (AvgIpc) is 2.39. The third kappa shape index (κ3) is 2.96. The molecule has 0 aliphatic carbocycles. The van der Waals surface area contributed by atoms with Gasteiger partial charge in [0.2, 0.25) is 0 Å². The maximum atomic E-state index is 11.0. The van der Waals surface area contributed by atoms with E-state index in [2.05, 4.69) is 24.4 Å². The molecule has 0 atom stereocenters. The summed E-state index contributed by atoms with van der Waals surface area (Å²) in [4.78, 5) is 10.7. The van der Waals surface area contributed by atoms with Gasteiger partial charge < -0.3 is 5.32 Å². The van der Waals surface area contributed by atoms with Gasteiger partial charge in [0.15, 0.2) is 0 Å². The Bertz CT molecular complexity index is 651. The maximum absolute atomic E-state index is 11.0. The zero-order chi connectivity index (χ0) is 14.7. The van der Waals surface area contributed by atoms with Gasteiger partial charge in [0.05, 0.1) is 4.92 Å². The van der Waals surface area contributed by atoms with Crippen molar-refractivity contribution in [3.05, 3.63) is 68.8 Å². The summed E-state index contributed by atoms with van der Waals surface area (Å²) in [6.45, 7) is 6.43. The molecule has 4 nitrogen and oxygen atoms in total. The van der Waals surface area contributed by atoms with Crippen molar-refractivity contribution in [2.45, 2.75) is 27.3 Å². The number of nitrogens with one attached hydrogen (secondary N) is 1. The fourth-order valence-electron chi connectivity index (χ4n) is 2.23. The van der Waals surface area contributed by atoms with Crippen LogP contribution in [0.2, 0.25) is 0 Å². The molecular formula is C16H18N2O2. The Balaban J connectivity index is 2.24. The number of nitrogens with zero attached hydrogens (tertiary/aromatic N) is 1. The fraction of sp³-hybridized carbons (Fsp3) is 0.250. The molecule has 0 spiro atoms. The van der Waals surface area contributed by atoms with Crippen LogP contribution in [0.3, 0.4) is 0 Å². The first kappa shape index (κ1) is 14.1. The quantitative estimate of drug-likeness (QED) is 0.671. The molecule has 0 aliphatic rings. The van der Waals surface area contributed by atoms with Crippen molar-refractivity contribution < 1.29 is 4.92 Å². The Morgan fingerprint density at radius 1 is 1.05 bits per heavy atom. The summed E-state index contributed by atoms with van der Waals surface area (Å²) in [5.74, 6) is 0. The van der Waals surface area contributed by atoms with Gasteiger partial charge in [-0.2, -0.15) is 0 Å². The predicted octanol–water partition coefficient (Wildman–Crippen LogP) is 4.13. The van der Waals surface area contributed by atoms with E-state index in [4.69, 9.17) is 0 Å². The lowest BCUT2D eigenvalue weighted by atomic mass is 10.1. The van der Waals surface area contributed by atoms with Crippen molar-refractivity contribution >= 4 is 11.4 Å². The molecule has 0 heterocycles. The molecule has 0 unspecified atom stereocenters. The predicted molar refractivity (Wildman–Crippen MR) is 81.1 cm³/mol. The van der Waals surface area contributed by atoms with E-state index in [1.165, 1.54) is 11.1 Å². The number of hydrogen-bond acceptors (Lipinski definition) is 3. The summed E-state index contributed by atoms with van der Waals surface area (Å²) < 4.78 is 0. The van der Waals surface area contributed by atoms with Crippen LogP contribution in [0, 0.1) is 30.9 Å². The van der Waals surface area contributed by atoms with Gasteiger partial charge in [0.1, 0.15) is 0 Å². The van der Waals surface area contributed by atoms with Crippen LogP contribution in [0.25, 0.3) is 0 Å². The molecular weight excluding hydrogens is 252 g/mol. The third-order valence-corrected chi connectivity index (χ3v) is 3.47. The molecule has 2 aromatic rings. The van der Waals surface area contributed by atoms with Gasteiger partial charge >= 0.3 is 0 Å². The molecule has 2 aromatic carbocycles. The van der Waals surface area contributed by atoms with E-state index in [1.807, 2.05) is 25.1 Å². The highest BCUT2D eigenvalue weighted by Gasteiger charge is 2.13. The normalized spacial score (nSPS) is 10.3. The van der Waals surface area contributed by atoms with Gasteiger partial charge in [-0.3, -0.25) is 10.1 Å². The molecule has 0 saturated heterocycles.